The van der Waals surface area contributed by atoms with Crippen molar-refractivity contribution in [2.75, 3.05) is 25.2 Å². The highest BCUT2D eigenvalue weighted by atomic mass is 16.5. The average molecular weight is 297 g/mol. The summed E-state index contributed by atoms with van der Waals surface area (Å²) in [6, 6.07) is 19.2. The third-order valence-electron chi connectivity index (χ3n) is 3.91. The second-order valence-electron chi connectivity index (χ2n) is 5.20. The Bertz CT molecular complexity index is 567. The Morgan fingerprint density at radius 2 is 1.73 bits per heavy atom. The quantitative estimate of drug-likeness (QED) is 0.817. The van der Waals surface area contributed by atoms with E-state index in [2.05, 4.69) is 4.90 Å². The van der Waals surface area contributed by atoms with Crippen molar-refractivity contribution < 1.29 is 14.3 Å². The van der Waals surface area contributed by atoms with Crippen molar-refractivity contribution in [2.45, 2.75) is 12.1 Å². The monoisotopic (exact) mass is 297 g/mol. The normalized spacial score (nSPS) is 21.4. The molecule has 0 aromatic heterocycles. The number of hydrogen-bond acceptors (Lipinski definition) is 4. The lowest BCUT2D eigenvalue weighted by atomic mass is 9.98. The molecule has 0 bridgehead atoms. The minimum absolute atomic E-state index is 0.280. The summed E-state index contributed by atoms with van der Waals surface area (Å²) >= 11 is 0. The smallest absolute Gasteiger partial charge is 0.331 e. The summed E-state index contributed by atoms with van der Waals surface area (Å²) in [6.07, 6.45) is -0.331. The minimum atomic E-state index is -0.483. The molecule has 0 saturated carbocycles. The number of ether oxygens (including phenoxy) is 2. The molecule has 2 aromatic rings. The number of rotatable bonds is 3. The van der Waals surface area contributed by atoms with Gasteiger partial charge in [-0.2, -0.15) is 0 Å². The van der Waals surface area contributed by atoms with Crippen LogP contribution in [0.3, 0.4) is 0 Å². The first-order valence-corrected chi connectivity index (χ1v) is 7.37. The number of para-hydroxylation sites is 1. The van der Waals surface area contributed by atoms with Crippen LogP contribution in [0.5, 0.6) is 0 Å². The number of nitrogens with zero attached hydrogens (tertiary/aromatic N) is 1. The van der Waals surface area contributed by atoms with Crippen molar-refractivity contribution in [3.05, 3.63) is 66.2 Å². The number of carbonyl (C=O) groups excluding carboxylic acids is 1. The van der Waals surface area contributed by atoms with Crippen LogP contribution in [0.25, 0.3) is 0 Å². The second-order valence-corrected chi connectivity index (χ2v) is 5.20. The van der Waals surface area contributed by atoms with E-state index in [1.807, 2.05) is 60.7 Å². The van der Waals surface area contributed by atoms with E-state index in [4.69, 9.17) is 9.47 Å². The SMILES string of the molecule is COC(=O)C1C(c2ccccc2)OCCN1c1ccccc1. The molecule has 2 unspecified atom stereocenters. The molecule has 114 valence electrons. The summed E-state index contributed by atoms with van der Waals surface area (Å²) in [4.78, 5) is 14.5. The van der Waals surface area contributed by atoms with E-state index in [1.54, 1.807) is 0 Å². The van der Waals surface area contributed by atoms with Crippen LogP contribution < -0.4 is 4.90 Å². The molecule has 0 spiro atoms. The number of carbonyl (C=O) groups is 1. The number of hydrogen-bond donors (Lipinski definition) is 0. The van der Waals surface area contributed by atoms with Gasteiger partial charge in [0.05, 0.1) is 13.7 Å². The third kappa shape index (κ3) is 2.83. The maximum Gasteiger partial charge on any atom is 0.331 e. The molecule has 1 aliphatic rings. The molecule has 0 radical (unpaired) electrons. The van der Waals surface area contributed by atoms with Crippen LogP contribution in [0.1, 0.15) is 11.7 Å². The molecule has 3 rings (SSSR count). The lowest BCUT2D eigenvalue weighted by Gasteiger charge is -2.41. The molecule has 0 amide bonds. The zero-order valence-corrected chi connectivity index (χ0v) is 12.5. The van der Waals surface area contributed by atoms with E-state index >= 15 is 0 Å². The first kappa shape index (κ1) is 14.6. The van der Waals surface area contributed by atoms with Crippen LogP contribution in [-0.2, 0) is 14.3 Å². The second kappa shape index (κ2) is 6.62. The fourth-order valence-corrected chi connectivity index (χ4v) is 2.87. The molecule has 1 saturated heterocycles. The van der Waals surface area contributed by atoms with E-state index in [1.165, 1.54) is 7.11 Å². The van der Waals surface area contributed by atoms with Gasteiger partial charge in [0.15, 0.2) is 6.04 Å². The molecule has 1 fully saturated rings. The van der Waals surface area contributed by atoms with Gasteiger partial charge < -0.3 is 14.4 Å². The predicted molar refractivity (Wildman–Crippen MR) is 84.7 cm³/mol. The first-order chi connectivity index (χ1) is 10.8. The van der Waals surface area contributed by atoms with Crippen molar-refractivity contribution in [3.8, 4) is 0 Å². The van der Waals surface area contributed by atoms with Crippen LogP contribution in [0.4, 0.5) is 5.69 Å². The van der Waals surface area contributed by atoms with Crippen LogP contribution in [0.2, 0.25) is 0 Å². The lowest BCUT2D eigenvalue weighted by molar-refractivity contribution is -0.148. The fourth-order valence-electron chi connectivity index (χ4n) is 2.87. The van der Waals surface area contributed by atoms with Gasteiger partial charge >= 0.3 is 5.97 Å². The number of benzene rings is 2. The van der Waals surface area contributed by atoms with E-state index in [-0.39, 0.29) is 12.1 Å². The highest BCUT2D eigenvalue weighted by Gasteiger charge is 2.39. The van der Waals surface area contributed by atoms with Gasteiger partial charge in [0.1, 0.15) is 6.10 Å². The molecule has 0 aliphatic carbocycles. The van der Waals surface area contributed by atoms with Crippen LogP contribution in [0, 0.1) is 0 Å². The molecule has 0 N–H and O–H groups in total. The topological polar surface area (TPSA) is 38.8 Å². The summed E-state index contributed by atoms with van der Waals surface area (Å²) in [5.74, 6) is -0.280. The molecule has 4 nitrogen and oxygen atoms in total. The van der Waals surface area contributed by atoms with Crippen LogP contribution in [0.15, 0.2) is 60.7 Å². The highest BCUT2D eigenvalue weighted by Crippen LogP contribution is 2.32. The van der Waals surface area contributed by atoms with Gasteiger partial charge in [-0.15, -0.1) is 0 Å². The van der Waals surface area contributed by atoms with Crippen molar-refractivity contribution in [1.29, 1.82) is 0 Å². The van der Waals surface area contributed by atoms with Crippen molar-refractivity contribution in [2.24, 2.45) is 0 Å². The number of morpholine rings is 1. The molecular formula is C18H19NO3. The Kier molecular flexibility index (Phi) is 4.39. The van der Waals surface area contributed by atoms with Gasteiger partial charge in [-0.25, -0.2) is 4.79 Å². The predicted octanol–water partition coefficient (Wildman–Crippen LogP) is 2.81. The maximum absolute atomic E-state index is 12.4. The van der Waals surface area contributed by atoms with Gasteiger partial charge in [0.2, 0.25) is 0 Å². The summed E-state index contributed by atoms with van der Waals surface area (Å²) < 4.78 is 10.9. The van der Waals surface area contributed by atoms with Gasteiger partial charge in [0.25, 0.3) is 0 Å². The zero-order valence-electron chi connectivity index (χ0n) is 12.5. The number of anilines is 1. The third-order valence-corrected chi connectivity index (χ3v) is 3.91. The van der Waals surface area contributed by atoms with Gasteiger partial charge in [-0.3, -0.25) is 0 Å². The number of methoxy groups -OCH3 is 1. The Labute approximate surface area is 130 Å². The summed E-state index contributed by atoms with van der Waals surface area (Å²) in [5, 5.41) is 0. The highest BCUT2D eigenvalue weighted by molar-refractivity contribution is 5.81. The Balaban J connectivity index is 1.98. The molecule has 1 heterocycles. The van der Waals surface area contributed by atoms with Gasteiger partial charge in [-0.05, 0) is 17.7 Å². The maximum atomic E-state index is 12.4. The van der Waals surface area contributed by atoms with Crippen LogP contribution in [-0.4, -0.2) is 32.3 Å². The van der Waals surface area contributed by atoms with E-state index < -0.39 is 6.04 Å². The van der Waals surface area contributed by atoms with Gasteiger partial charge in [-0.1, -0.05) is 48.5 Å². The molecule has 4 heteroatoms. The van der Waals surface area contributed by atoms with Gasteiger partial charge in [0, 0.05) is 12.2 Å². The summed E-state index contributed by atoms with van der Waals surface area (Å²) in [6.45, 7) is 1.23. The molecule has 1 aliphatic heterocycles. The Morgan fingerprint density at radius 3 is 2.36 bits per heavy atom. The lowest BCUT2D eigenvalue weighted by Crippen LogP contribution is -2.52. The largest absolute Gasteiger partial charge is 0.467 e. The van der Waals surface area contributed by atoms with E-state index in [0.717, 1.165) is 11.3 Å². The Hall–Kier alpha value is -2.33. The first-order valence-electron chi connectivity index (χ1n) is 7.37. The standard InChI is InChI=1S/C18H19NO3/c1-21-18(20)16-17(14-8-4-2-5-9-14)22-13-12-19(16)15-10-6-3-7-11-15/h2-11,16-17H,12-13H2,1H3. The Morgan fingerprint density at radius 1 is 1.09 bits per heavy atom. The van der Waals surface area contributed by atoms with Crippen molar-refractivity contribution >= 4 is 11.7 Å². The van der Waals surface area contributed by atoms with Crippen molar-refractivity contribution in [1.82, 2.24) is 0 Å². The average Bonchev–Trinajstić information content (AvgIpc) is 2.62. The molecular weight excluding hydrogens is 278 g/mol. The zero-order chi connectivity index (χ0) is 15.4. The molecule has 2 atom stereocenters. The van der Waals surface area contributed by atoms with Crippen LogP contribution >= 0.6 is 0 Å². The summed E-state index contributed by atoms with van der Waals surface area (Å²) in [5.41, 5.74) is 1.99. The van der Waals surface area contributed by atoms with Crippen molar-refractivity contribution in [3.63, 3.8) is 0 Å². The molecule has 22 heavy (non-hydrogen) atoms. The summed E-state index contributed by atoms with van der Waals surface area (Å²) in [7, 11) is 1.42. The minimum Gasteiger partial charge on any atom is -0.467 e. The number of esters is 1. The fraction of sp³-hybridized carbons (Fsp3) is 0.278. The van der Waals surface area contributed by atoms with E-state index in [9.17, 15) is 4.79 Å². The van der Waals surface area contributed by atoms with E-state index in [0.29, 0.717) is 13.2 Å². The molecule has 2 aromatic carbocycles.